The summed E-state index contributed by atoms with van der Waals surface area (Å²) in [6, 6.07) is 16.7. The first kappa shape index (κ1) is 19.7. The Morgan fingerprint density at radius 1 is 1.13 bits per heavy atom. The molecule has 0 atom stereocenters. The molecule has 8 nitrogen and oxygen atoms in total. The third kappa shape index (κ3) is 4.36. The van der Waals surface area contributed by atoms with Gasteiger partial charge in [-0.2, -0.15) is 0 Å². The maximum Gasteiger partial charge on any atom is 0.350 e. The van der Waals surface area contributed by atoms with Crippen LogP contribution >= 0.6 is 11.8 Å². The molecule has 0 radical (unpaired) electrons. The molecular weight excluding hydrogens is 402 g/mol. The maximum atomic E-state index is 12.7. The molecule has 0 unspecified atom stereocenters. The number of ether oxygens (including phenoxy) is 1. The molecule has 2 aromatic carbocycles. The number of carbonyl (C=O) groups excluding carboxylic acids is 1. The third-order valence-electron chi connectivity index (χ3n) is 4.17. The lowest BCUT2D eigenvalue weighted by molar-refractivity contribution is -0.117. The number of aromatic nitrogens is 4. The minimum absolute atomic E-state index is 0.205. The highest BCUT2D eigenvalue weighted by Crippen LogP contribution is 2.27. The summed E-state index contributed by atoms with van der Waals surface area (Å²) in [6.07, 6.45) is 3.09. The Kier molecular flexibility index (Phi) is 5.80. The number of fused-ring (bicyclic) bond motifs is 1. The number of rotatable bonds is 7. The van der Waals surface area contributed by atoms with Gasteiger partial charge >= 0.3 is 5.69 Å². The average molecular weight is 421 g/mol. The smallest absolute Gasteiger partial charge is 0.350 e. The third-order valence-corrected chi connectivity index (χ3v) is 5.16. The molecule has 0 saturated heterocycles. The van der Waals surface area contributed by atoms with Gasteiger partial charge in [0, 0.05) is 23.0 Å². The number of hydrogen-bond donors (Lipinski definition) is 1. The fourth-order valence-corrected chi connectivity index (χ4v) is 3.70. The summed E-state index contributed by atoms with van der Waals surface area (Å²) in [7, 11) is 0. The summed E-state index contributed by atoms with van der Waals surface area (Å²) < 4.78 is 7.91. The molecule has 4 rings (SSSR count). The quantitative estimate of drug-likeness (QED) is 0.493. The zero-order valence-corrected chi connectivity index (χ0v) is 17.0. The van der Waals surface area contributed by atoms with Gasteiger partial charge in [-0.1, -0.05) is 30.0 Å². The van der Waals surface area contributed by atoms with Gasteiger partial charge in [-0.05, 0) is 43.3 Å². The van der Waals surface area contributed by atoms with Crippen LogP contribution < -0.4 is 15.7 Å². The molecule has 0 fully saturated rings. The molecule has 0 aliphatic rings. The topological polar surface area (TPSA) is 90.5 Å². The van der Waals surface area contributed by atoms with Gasteiger partial charge in [0.1, 0.15) is 17.3 Å². The van der Waals surface area contributed by atoms with Crippen molar-refractivity contribution in [3.05, 3.63) is 77.5 Å². The predicted octanol–water partition coefficient (Wildman–Crippen LogP) is 3.08. The van der Waals surface area contributed by atoms with Crippen molar-refractivity contribution >= 4 is 29.0 Å². The van der Waals surface area contributed by atoms with Crippen LogP contribution in [0, 0.1) is 0 Å². The first-order valence-electron chi connectivity index (χ1n) is 9.34. The van der Waals surface area contributed by atoms with Gasteiger partial charge in [-0.25, -0.2) is 18.9 Å². The van der Waals surface area contributed by atoms with Gasteiger partial charge in [0.05, 0.1) is 6.61 Å². The van der Waals surface area contributed by atoms with E-state index in [-0.39, 0.29) is 12.5 Å². The molecule has 0 aliphatic heterocycles. The van der Waals surface area contributed by atoms with Gasteiger partial charge < -0.3 is 10.1 Å². The Labute approximate surface area is 176 Å². The molecular formula is C21H19N5O3S. The zero-order valence-electron chi connectivity index (χ0n) is 16.2. The van der Waals surface area contributed by atoms with Crippen molar-refractivity contribution in [3.63, 3.8) is 0 Å². The summed E-state index contributed by atoms with van der Waals surface area (Å²) in [6.45, 7) is 2.27. The molecule has 0 bridgehead atoms. The van der Waals surface area contributed by atoms with E-state index >= 15 is 0 Å². The first-order valence-corrected chi connectivity index (χ1v) is 10.2. The van der Waals surface area contributed by atoms with Crippen molar-refractivity contribution in [2.45, 2.75) is 23.4 Å². The molecule has 1 N–H and O–H groups in total. The largest absolute Gasteiger partial charge is 0.494 e. The minimum Gasteiger partial charge on any atom is -0.494 e. The average Bonchev–Trinajstić information content (AvgIpc) is 3.07. The number of amides is 1. The molecule has 2 aromatic heterocycles. The van der Waals surface area contributed by atoms with E-state index in [1.165, 1.54) is 16.2 Å². The lowest BCUT2D eigenvalue weighted by Gasteiger charge is -2.06. The normalized spacial score (nSPS) is 10.8. The second-order valence-electron chi connectivity index (χ2n) is 6.29. The molecule has 2 heterocycles. The van der Waals surface area contributed by atoms with Crippen LogP contribution in [0.15, 0.2) is 81.7 Å². The molecule has 4 aromatic rings. The van der Waals surface area contributed by atoms with Crippen LogP contribution in [0.5, 0.6) is 5.75 Å². The molecule has 9 heteroatoms. The molecule has 1 amide bonds. The lowest BCUT2D eigenvalue weighted by Crippen LogP contribution is -2.28. The van der Waals surface area contributed by atoms with Gasteiger partial charge in [0.2, 0.25) is 5.91 Å². The van der Waals surface area contributed by atoms with Crippen LogP contribution in [-0.4, -0.2) is 31.7 Å². The molecule has 0 spiro atoms. The van der Waals surface area contributed by atoms with Crippen LogP contribution in [0.4, 0.5) is 5.69 Å². The summed E-state index contributed by atoms with van der Waals surface area (Å²) in [5.74, 6) is 0.373. The fourth-order valence-electron chi connectivity index (χ4n) is 2.84. The fraction of sp³-hybridized carbons (Fsp3) is 0.143. The second kappa shape index (κ2) is 8.83. The molecule has 0 saturated carbocycles. The van der Waals surface area contributed by atoms with E-state index in [2.05, 4.69) is 15.4 Å². The Balaban J connectivity index is 1.52. The second-order valence-corrected chi connectivity index (χ2v) is 7.35. The van der Waals surface area contributed by atoms with E-state index < -0.39 is 5.69 Å². The monoisotopic (exact) mass is 421 g/mol. The van der Waals surface area contributed by atoms with E-state index in [1.807, 2.05) is 37.3 Å². The Morgan fingerprint density at radius 3 is 2.63 bits per heavy atom. The van der Waals surface area contributed by atoms with Crippen molar-refractivity contribution < 1.29 is 9.53 Å². The van der Waals surface area contributed by atoms with Gasteiger partial charge in [0.15, 0.2) is 5.65 Å². The van der Waals surface area contributed by atoms with Crippen molar-refractivity contribution in [3.8, 4) is 5.75 Å². The Morgan fingerprint density at radius 2 is 1.90 bits per heavy atom. The van der Waals surface area contributed by atoms with Crippen molar-refractivity contribution in [2.24, 2.45) is 0 Å². The van der Waals surface area contributed by atoms with E-state index in [0.29, 0.717) is 23.0 Å². The molecule has 0 aliphatic carbocycles. The molecule has 152 valence electrons. The highest BCUT2D eigenvalue weighted by molar-refractivity contribution is 7.99. The van der Waals surface area contributed by atoms with Gasteiger partial charge in [-0.3, -0.25) is 4.79 Å². The number of hydrogen-bond acceptors (Lipinski definition) is 6. The first-order chi connectivity index (χ1) is 14.6. The van der Waals surface area contributed by atoms with Crippen molar-refractivity contribution in [1.29, 1.82) is 0 Å². The minimum atomic E-state index is -0.399. The van der Waals surface area contributed by atoms with Crippen LogP contribution in [0.2, 0.25) is 0 Å². The summed E-state index contributed by atoms with van der Waals surface area (Å²) in [5, 5.41) is 7.68. The van der Waals surface area contributed by atoms with E-state index in [1.54, 1.807) is 36.7 Å². The highest BCUT2D eigenvalue weighted by Gasteiger charge is 2.15. The number of nitrogens with one attached hydrogen (secondary N) is 1. The van der Waals surface area contributed by atoms with Crippen molar-refractivity contribution in [2.75, 3.05) is 11.9 Å². The molecule has 30 heavy (non-hydrogen) atoms. The van der Waals surface area contributed by atoms with Crippen LogP contribution in [0.3, 0.4) is 0 Å². The lowest BCUT2D eigenvalue weighted by atomic mass is 10.3. The Hall–Kier alpha value is -3.59. The van der Waals surface area contributed by atoms with Crippen LogP contribution in [0.25, 0.3) is 5.65 Å². The number of nitrogens with zero attached hydrogens (tertiary/aromatic N) is 4. The Bertz CT molecular complexity index is 1220. The van der Waals surface area contributed by atoms with Crippen molar-refractivity contribution in [1.82, 2.24) is 19.2 Å². The van der Waals surface area contributed by atoms with Gasteiger partial charge in [-0.15, -0.1) is 5.10 Å². The number of anilines is 1. The number of carbonyl (C=O) groups is 1. The standard InChI is InChI=1S/C21H19N5O3S/c1-2-29-16-10-8-15(9-11-16)23-18(27)14-26-21(28)25-13-12-22-20(19(25)24-26)30-17-6-4-3-5-7-17/h3-13H,2,14H2,1H3,(H,23,27). The highest BCUT2D eigenvalue weighted by atomic mass is 32.2. The SMILES string of the molecule is CCOc1ccc(NC(=O)Cn2nc3c(Sc4ccccc4)nccn3c2=O)cc1. The number of benzene rings is 2. The van der Waals surface area contributed by atoms with Crippen LogP contribution in [0.1, 0.15) is 6.92 Å². The predicted molar refractivity (Wildman–Crippen MR) is 114 cm³/mol. The van der Waals surface area contributed by atoms with Crippen LogP contribution in [-0.2, 0) is 11.3 Å². The zero-order chi connectivity index (χ0) is 20.9. The summed E-state index contributed by atoms with van der Waals surface area (Å²) >= 11 is 1.41. The summed E-state index contributed by atoms with van der Waals surface area (Å²) in [4.78, 5) is 30.4. The van der Waals surface area contributed by atoms with E-state index in [0.717, 1.165) is 15.3 Å². The van der Waals surface area contributed by atoms with Gasteiger partial charge in [0.25, 0.3) is 0 Å². The van der Waals surface area contributed by atoms with E-state index in [9.17, 15) is 9.59 Å². The summed E-state index contributed by atoms with van der Waals surface area (Å²) in [5.41, 5.74) is 0.622. The maximum absolute atomic E-state index is 12.7. The van der Waals surface area contributed by atoms with E-state index in [4.69, 9.17) is 4.74 Å².